The molecule has 1 aromatic heterocycles. The summed E-state index contributed by atoms with van der Waals surface area (Å²) in [7, 11) is 0. The van der Waals surface area contributed by atoms with Gasteiger partial charge in [-0.1, -0.05) is 18.2 Å². The van der Waals surface area contributed by atoms with E-state index in [0.717, 1.165) is 37.3 Å². The minimum absolute atomic E-state index is 0.0968. The van der Waals surface area contributed by atoms with Crippen LogP contribution in [0.25, 0.3) is 5.69 Å². The van der Waals surface area contributed by atoms with Crippen molar-refractivity contribution in [1.82, 2.24) is 15.2 Å². The van der Waals surface area contributed by atoms with Crippen LogP contribution in [0.15, 0.2) is 42.6 Å². The molecule has 0 saturated carbocycles. The standard InChI is InChI=1S/C16H22N4O/c1-16(10-5-6-12-21-16)15(19-17)14-9-11-18-20(14)13-7-3-2-4-8-13/h2-4,7-9,11,15,19H,5-6,10,12,17H2,1H3. The first-order valence-corrected chi connectivity index (χ1v) is 7.44. The summed E-state index contributed by atoms with van der Waals surface area (Å²) < 4.78 is 7.97. The zero-order valence-electron chi connectivity index (χ0n) is 12.3. The maximum absolute atomic E-state index is 6.05. The molecule has 2 heterocycles. The third-order valence-electron chi connectivity index (χ3n) is 4.25. The van der Waals surface area contributed by atoms with E-state index in [4.69, 9.17) is 10.6 Å². The molecule has 2 aromatic rings. The Hall–Kier alpha value is -1.69. The first kappa shape index (κ1) is 14.3. The van der Waals surface area contributed by atoms with Crippen molar-refractivity contribution in [3.63, 3.8) is 0 Å². The first-order chi connectivity index (χ1) is 10.2. The molecule has 1 saturated heterocycles. The number of ether oxygens (including phenoxy) is 1. The van der Waals surface area contributed by atoms with E-state index in [0.29, 0.717) is 0 Å². The van der Waals surface area contributed by atoms with Crippen LogP contribution in [0, 0.1) is 0 Å². The van der Waals surface area contributed by atoms with Crippen LogP contribution < -0.4 is 11.3 Å². The first-order valence-electron chi connectivity index (χ1n) is 7.44. The number of aromatic nitrogens is 2. The van der Waals surface area contributed by atoms with Crippen LogP contribution in [0.3, 0.4) is 0 Å². The van der Waals surface area contributed by atoms with Gasteiger partial charge in [0.2, 0.25) is 0 Å². The third kappa shape index (κ3) is 2.72. The quantitative estimate of drug-likeness (QED) is 0.669. The minimum Gasteiger partial charge on any atom is -0.373 e. The Kier molecular flexibility index (Phi) is 4.05. The van der Waals surface area contributed by atoms with Crippen molar-refractivity contribution in [2.75, 3.05) is 6.61 Å². The van der Waals surface area contributed by atoms with Crippen LogP contribution in [0.1, 0.15) is 37.9 Å². The number of rotatable bonds is 4. The summed E-state index contributed by atoms with van der Waals surface area (Å²) in [6.07, 6.45) is 5.07. The van der Waals surface area contributed by atoms with E-state index < -0.39 is 0 Å². The second kappa shape index (κ2) is 5.97. The summed E-state index contributed by atoms with van der Waals surface area (Å²) >= 11 is 0. The molecule has 1 aliphatic rings. The van der Waals surface area contributed by atoms with Crippen molar-refractivity contribution >= 4 is 0 Å². The van der Waals surface area contributed by atoms with E-state index >= 15 is 0 Å². The van der Waals surface area contributed by atoms with Crippen LogP contribution in [-0.2, 0) is 4.74 Å². The molecule has 0 bridgehead atoms. The van der Waals surface area contributed by atoms with Gasteiger partial charge in [-0.25, -0.2) is 10.1 Å². The topological polar surface area (TPSA) is 65.1 Å². The van der Waals surface area contributed by atoms with Gasteiger partial charge >= 0.3 is 0 Å². The number of nitrogens with zero attached hydrogens (tertiary/aromatic N) is 2. The molecule has 112 valence electrons. The van der Waals surface area contributed by atoms with Crippen LogP contribution in [0.5, 0.6) is 0 Å². The molecule has 5 nitrogen and oxygen atoms in total. The van der Waals surface area contributed by atoms with Gasteiger partial charge in [0.15, 0.2) is 0 Å². The number of hydrazine groups is 1. The van der Waals surface area contributed by atoms with Gasteiger partial charge in [0, 0.05) is 12.8 Å². The second-order valence-corrected chi connectivity index (χ2v) is 5.72. The van der Waals surface area contributed by atoms with Crippen molar-refractivity contribution in [2.24, 2.45) is 5.84 Å². The van der Waals surface area contributed by atoms with Gasteiger partial charge < -0.3 is 4.74 Å². The highest BCUT2D eigenvalue weighted by atomic mass is 16.5. The molecule has 1 aromatic carbocycles. The lowest BCUT2D eigenvalue weighted by atomic mass is 9.86. The summed E-state index contributed by atoms with van der Waals surface area (Å²) in [5.74, 6) is 5.86. The summed E-state index contributed by atoms with van der Waals surface area (Å²) in [6.45, 7) is 2.91. The van der Waals surface area contributed by atoms with E-state index in [1.807, 2.05) is 41.1 Å². The molecular weight excluding hydrogens is 264 g/mol. The van der Waals surface area contributed by atoms with Gasteiger partial charge in [-0.2, -0.15) is 5.10 Å². The molecule has 21 heavy (non-hydrogen) atoms. The van der Waals surface area contributed by atoms with Crippen molar-refractivity contribution < 1.29 is 4.74 Å². The van der Waals surface area contributed by atoms with Crippen molar-refractivity contribution in [3.05, 3.63) is 48.3 Å². The normalized spacial score (nSPS) is 23.9. The fourth-order valence-electron chi connectivity index (χ4n) is 3.07. The lowest BCUT2D eigenvalue weighted by Crippen LogP contribution is -2.48. The highest BCUT2D eigenvalue weighted by molar-refractivity contribution is 5.33. The molecule has 0 aliphatic carbocycles. The van der Waals surface area contributed by atoms with E-state index in [1.165, 1.54) is 0 Å². The van der Waals surface area contributed by atoms with Crippen molar-refractivity contribution in [3.8, 4) is 5.69 Å². The Balaban J connectivity index is 1.97. The van der Waals surface area contributed by atoms with Gasteiger partial charge in [0.05, 0.1) is 23.0 Å². The lowest BCUT2D eigenvalue weighted by Gasteiger charge is -2.40. The Labute approximate surface area is 125 Å². The zero-order chi connectivity index (χ0) is 14.7. The Morgan fingerprint density at radius 1 is 1.29 bits per heavy atom. The van der Waals surface area contributed by atoms with Crippen LogP contribution in [-0.4, -0.2) is 22.0 Å². The average molecular weight is 286 g/mol. The second-order valence-electron chi connectivity index (χ2n) is 5.72. The maximum Gasteiger partial charge on any atom is 0.0920 e. The molecule has 1 aliphatic heterocycles. The summed E-state index contributed by atoms with van der Waals surface area (Å²) in [5.41, 5.74) is 4.68. The Morgan fingerprint density at radius 3 is 2.76 bits per heavy atom. The lowest BCUT2D eigenvalue weighted by molar-refractivity contribution is -0.0911. The number of hydrogen-bond acceptors (Lipinski definition) is 4. The zero-order valence-corrected chi connectivity index (χ0v) is 12.3. The molecule has 2 atom stereocenters. The van der Waals surface area contributed by atoms with Gasteiger partial charge in [0.25, 0.3) is 0 Å². The monoisotopic (exact) mass is 286 g/mol. The van der Waals surface area contributed by atoms with Gasteiger partial charge in [0.1, 0.15) is 0 Å². The fraction of sp³-hybridized carbons (Fsp3) is 0.438. The molecule has 1 fully saturated rings. The molecular formula is C16H22N4O. The number of nitrogens with one attached hydrogen (secondary N) is 1. The largest absolute Gasteiger partial charge is 0.373 e. The molecule has 0 radical (unpaired) electrons. The Morgan fingerprint density at radius 2 is 2.10 bits per heavy atom. The number of nitrogens with two attached hydrogens (primary N) is 1. The molecule has 2 unspecified atom stereocenters. The SMILES string of the molecule is CC1(C(NN)c2ccnn2-c2ccccc2)CCCCO1. The highest BCUT2D eigenvalue weighted by Gasteiger charge is 2.39. The molecule has 0 amide bonds. The molecule has 3 N–H and O–H groups in total. The van der Waals surface area contributed by atoms with Crippen molar-refractivity contribution in [2.45, 2.75) is 37.8 Å². The third-order valence-corrected chi connectivity index (χ3v) is 4.25. The van der Waals surface area contributed by atoms with Gasteiger partial charge in [-0.05, 0) is 44.4 Å². The maximum atomic E-state index is 6.05. The van der Waals surface area contributed by atoms with E-state index in [9.17, 15) is 0 Å². The van der Waals surface area contributed by atoms with E-state index in [2.05, 4.69) is 17.4 Å². The van der Waals surface area contributed by atoms with Gasteiger partial charge in [-0.15, -0.1) is 0 Å². The molecule has 5 heteroatoms. The molecule has 3 rings (SSSR count). The smallest absolute Gasteiger partial charge is 0.0920 e. The van der Waals surface area contributed by atoms with Gasteiger partial charge in [-0.3, -0.25) is 5.84 Å². The summed E-state index contributed by atoms with van der Waals surface area (Å²) in [6, 6.07) is 12.0. The van der Waals surface area contributed by atoms with Crippen molar-refractivity contribution in [1.29, 1.82) is 0 Å². The Bertz CT molecular complexity index is 575. The number of hydrogen-bond donors (Lipinski definition) is 2. The van der Waals surface area contributed by atoms with Crippen LogP contribution in [0.2, 0.25) is 0 Å². The summed E-state index contributed by atoms with van der Waals surface area (Å²) in [4.78, 5) is 0. The predicted molar refractivity (Wildman–Crippen MR) is 81.8 cm³/mol. The van der Waals surface area contributed by atoms with E-state index in [-0.39, 0.29) is 11.6 Å². The molecule has 0 spiro atoms. The fourth-order valence-corrected chi connectivity index (χ4v) is 3.07. The van der Waals surface area contributed by atoms with Crippen LogP contribution >= 0.6 is 0 Å². The number of para-hydroxylation sites is 1. The minimum atomic E-state index is -0.306. The predicted octanol–water partition coefficient (Wildman–Crippen LogP) is 2.34. The van der Waals surface area contributed by atoms with E-state index in [1.54, 1.807) is 6.20 Å². The number of benzene rings is 1. The van der Waals surface area contributed by atoms with Crippen LogP contribution in [0.4, 0.5) is 0 Å². The average Bonchev–Trinajstić information content (AvgIpc) is 2.98. The summed E-state index contributed by atoms with van der Waals surface area (Å²) in [5, 5.41) is 4.45. The highest BCUT2D eigenvalue weighted by Crippen LogP contribution is 2.36.